The second-order valence-electron chi connectivity index (χ2n) is 4.57. The SMILES string of the molecule is Cc1cccc(CN(C)C(CN)c2sccc2Br)n1. The number of nitrogens with zero attached hydrogens (tertiary/aromatic N) is 2. The summed E-state index contributed by atoms with van der Waals surface area (Å²) in [6.07, 6.45) is 0. The molecule has 2 heterocycles. The maximum absolute atomic E-state index is 5.94. The molecule has 0 aliphatic carbocycles. The lowest BCUT2D eigenvalue weighted by atomic mass is 10.2. The van der Waals surface area contributed by atoms with E-state index >= 15 is 0 Å². The van der Waals surface area contributed by atoms with Gasteiger partial charge in [0.25, 0.3) is 0 Å². The molecule has 1 unspecified atom stereocenters. The first kappa shape index (κ1) is 14.7. The predicted octanol–water partition coefficient (Wildman–Crippen LogP) is 3.35. The summed E-state index contributed by atoms with van der Waals surface area (Å²) in [5.74, 6) is 0. The summed E-state index contributed by atoms with van der Waals surface area (Å²) in [5, 5.41) is 2.08. The number of hydrogen-bond donors (Lipinski definition) is 1. The van der Waals surface area contributed by atoms with Crippen molar-refractivity contribution in [3.8, 4) is 0 Å². The highest BCUT2D eigenvalue weighted by Crippen LogP contribution is 2.32. The van der Waals surface area contributed by atoms with Gasteiger partial charge >= 0.3 is 0 Å². The molecule has 0 aliphatic heterocycles. The van der Waals surface area contributed by atoms with E-state index in [-0.39, 0.29) is 6.04 Å². The maximum Gasteiger partial charge on any atom is 0.0576 e. The number of halogens is 1. The lowest BCUT2D eigenvalue weighted by Gasteiger charge is -2.26. The molecule has 0 fully saturated rings. The van der Waals surface area contributed by atoms with Crippen molar-refractivity contribution in [2.24, 2.45) is 5.73 Å². The van der Waals surface area contributed by atoms with Crippen LogP contribution in [-0.2, 0) is 6.54 Å². The monoisotopic (exact) mass is 339 g/mol. The lowest BCUT2D eigenvalue weighted by molar-refractivity contribution is 0.241. The van der Waals surface area contributed by atoms with Gasteiger partial charge in [-0.25, -0.2) is 0 Å². The van der Waals surface area contributed by atoms with Gasteiger partial charge in [-0.05, 0) is 53.5 Å². The number of pyridine rings is 1. The van der Waals surface area contributed by atoms with Crippen LogP contribution in [0.4, 0.5) is 0 Å². The minimum Gasteiger partial charge on any atom is -0.329 e. The van der Waals surface area contributed by atoms with Crippen LogP contribution in [-0.4, -0.2) is 23.5 Å². The maximum atomic E-state index is 5.94. The van der Waals surface area contributed by atoms with Gasteiger partial charge in [-0.3, -0.25) is 9.88 Å². The minimum absolute atomic E-state index is 0.219. The second-order valence-corrected chi connectivity index (χ2v) is 6.37. The summed E-state index contributed by atoms with van der Waals surface area (Å²) >= 11 is 5.32. The van der Waals surface area contributed by atoms with Gasteiger partial charge in [0.15, 0.2) is 0 Å². The van der Waals surface area contributed by atoms with Crippen molar-refractivity contribution in [1.82, 2.24) is 9.88 Å². The smallest absolute Gasteiger partial charge is 0.0576 e. The number of aromatic nitrogens is 1. The van der Waals surface area contributed by atoms with Gasteiger partial charge in [0, 0.05) is 28.1 Å². The van der Waals surface area contributed by atoms with E-state index in [0.29, 0.717) is 6.54 Å². The summed E-state index contributed by atoms with van der Waals surface area (Å²) in [5.41, 5.74) is 8.07. The molecule has 0 aromatic carbocycles. The lowest BCUT2D eigenvalue weighted by Crippen LogP contribution is -2.30. The third-order valence-electron chi connectivity index (χ3n) is 3.06. The molecule has 2 rings (SSSR count). The normalized spacial score (nSPS) is 12.9. The van der Waals surface area contributed by atoms with Gasteiger partial charge in [0.05, 0.1) is 11.7 Å². The minimum atomic E-state index is 0.219. The number of hydrogen-bond acceptors (Lipinski definition) is 4. The molecule has 0 radical (unpaired) electrons. The van der Waals surface area contributed by atoms with Gasteiger partial charge in [0.1, 0.15) is 0 Å². The summed E-state index contributed by atoms with van der Waals surface area (Å²) in [6.45, 7) is 3.41. The van der Waals surface area contributed by atoms with Gasteiger partial charge in [-0.1, -0.05) is 6.07 Å². The van der Waals surface area contributed by atoms with Crippen molar-refractivity contribution in [3.05, 3.63) is 50.4 Å². The van der Waals surface area contributed by atoms with E-state index in [9.17, 15) is 0 Å². The van der Waals surface area contributed by atoms with Crippen LogP contribution in [0.5, 0.6) is 0 Å². The van der Waals surface area contributed by atoms with Crippen molar-refractivity contribution in [2.75, 3.05) is 13.6 Å². The van der Waals surface area contributed by atoms with Crippen molar-refractivity contribution < 1.29 is 0 Å². The van der Waals surface area contributed by atoms with Crippen molar-refractivity contribution in [2.45, 2.75) is 19.5 Å². The molecule has 0 aliphatic rings. The van der Waals surface area contributed by atoms with E-state index in [1.807, 2.05) is 19.1 Å². The third-order valence-corrected chi connectivity index (χ3v) is 5.03. The van der Waals surface area contributed by atoms with Crippen LogP contribution < -0.4 is 5.73 Å². The molecule has 5 heteroatoms. The zero-order chi connectivity index (χ0) is 13.8. The summed E-state index contributed by atoms with van der Waals surface area (Å²) in [4.78, 5) is 8.07. The second kappa shape index (κ2) is 6.61. The van der Waals surface area contributed by atoms with E-state index in [1.165, 1.54) is 4.88 Å². The first-order valence-electron chi connectivity index (χ1n) is 6.17. The number of likely N-dealkylation sites (N-methyl/N-ethyl adjacent to an activating group) is 1. The molecule has 1 atom stereocenters. The Bertz CT molecular complexity index is 541. The molecular formula is C14H18BrN3S. The zero-order valence-electron chi connectivity index (χ0n) is 11.1. The van der Waals surface area contributed by atoms with E-state index in [1.54, 1.807) is 11.3 Å². The summed E-state index contributed by atoms with van der Waals surface area (Å²) < 4.78 is 1.14. The standard InChI is InChI=1S/C14H18BrN3S/c1-10-4-3-5-11(17-10)9-18(2)13(8-16)14-12(15)6-7-19-14/h3-7,13H,8-9,16H2,1-2H3. The first-order valence-corrected chi connectivity index (χ1v) is 7.85. The number of rotatable bonds is 5. The van der Waals surface area contributed by atoms with Crippen molar-refractivity contribution in [1.29, 1.82) is 0 Å². The fraction of sp³-hybridized carbons (Fsp3) is 0.357. The summed E-state index contributed by atoms with van der Waals surface area (Å²) in [7, 11) is 2.09. The van der Waals surface area contributed by atoms with E-state index < -0.39 is 0 Å². The fourth-order valence-corrected chi connectivity index (χ4v) is 3.90. The molecule has 0 saturated heterocycles. The fourth-order valence-electron chi connectivity index (χ4n) is 2.08. The van der Waals surface area contributed by atoms with Crippen LogP contribution >= 0.6 is 27.3 Å². The van der Waals surface area contributed by atoms with Crippen LogP contribution in [0.2, 0.25) is 0 Å². The molecule has 2 aromatic rings. The first-order chi connectivity index (χ1) is 9.11. The van der Waals surface area contributed by atoms with E-state index in [2.05, 4.69) is 50.4 Å². The Morgan fingerprint density at radius 1 is 1.42 bits per heavy atom. The molecular weight excluding hydrogens is 322 g/mol. The third kappa shape index (κ3) is 3.63. The Hall–Kier alpha value is -0.750. The van der Waals surface area contributed by atoms with Crippen LogP contribution in [0.1, 0.15) is 22.3 Å². The highest BCUT2D eigenvalue weighted by Gasteiger charge is 2.19. The summed E-state index contributed by atoms with van der Waals surface area (Å²) in [6, 6.07) is 8.41. The predicted molar refractivity (Wildman–Crippen MR) is 84.3 cm³/mol. The van der Waals surface area contributed by atoms with Crippen molar-refractivity contribution in [3.63, 3.8) is 0 Å². The Balaban J connectivity index is 2.14. The van der Waals surface area contributed by atoms with Crippen molar-refractivity contribution >= 4 is 27.3 Å². The van der Waals surface area contributed by atoms with Gasteiger partial charge < -0.3 is 5.73 Å². The average Bonchev–Trinajstić information content (AvgIpc) is 2.77. The quantitative estimate of drug-likeness (QED) is 0.908. The highest BCUT2D eigenvalue weighted by molar-refractivity contribution is 9.10. The zero-order valence-corrected chi connectivity index (χ0v) is 13.5. The van der Waals surface area contributed by atoms with Crippen LogP contribution in [0.3, 0.4) is 0 Å². The molecule has 2 aromatic heterocycles. The molecule has 0 spiro atoms. The van der Waals surface area contributed by atoms with Crippen LogP contribution in [0, 0.1) is 6.92 Å². The Labute approximate surface area is 126 Å². The topological polar surface area (TPSA) is 42.1 Å². The Kier molecular flexibility index (Phi) is 5.10. The Morgan fingerprint density at radius 2 is 2.21 bits per heavy atom. The molecule has 2 N–H and O–H groups in total. The number of aryl methyl sites for hydroxylation is 1. The van der Waals surface area contributed by atoms with Crippen LogP contribution in [0.25, 0.3) is 0 Å². The molecule has 0 amide bonds. The van der Waals surface area contributed by atoms with E-state index in [4.69, 9.17) is 5.73 Å². The number of thiophene rings is 1. The average molecular weight is 340 g/mol. The highest BCUT2D eigenvalue weighted by atomic mass is 79.9. The van der Waals surface area contributed by atoms with Gasteiger partial charge in [0.2, 0.25) is 0 Å². The molecule has 19 heavy (non-hydrogen) atoms. The number of nitrogens with two attached hydrogens (primary N) is 1. The molecule has 0 bridgehead atoms. The van der Waals surface area contributed by atoms with Crippen LogP contribution in [0.15, 0.2) is 34.1 Å². The largest absolute Gasteiger partial charge is 0.329 e. The molecule has 0 saturated carbocycles. The van der Waals surface area contributed by atoms with Gasteiger partial charge in [-0.2, -0.15) is 0 Å². The van der Waals surface area contributed by atoms with E-state index in [0.717, 1.165) is 22.4 Å². The molecule has 102 valence electrons. The van der Waals surface area contributed by atoms with Gasteiger partial charge in [-0.15, -0.1) is 11.3 Å². The molecule has 3 nitrogen and oxygen atoms in total. The Morgan fingerprint density at radius 3 is 2.79 bits per heavy atom.